The number of aryl methyl sites for hydroxylation is 2. The minimum Gasteiger partial charge on any atom is -0.383 e. The molecule has 0 saturated carbocycles. The smallest absolute Gasteiger partial charge is 0.256 e. The van der Waals surface area contributed by atoms with Crippen LogP contribution in [-0.2, 0) is 6.42 Å². The number of rotatable bonds is 4. The van der Waals surface area contributed by atoms with E-state index in [4.69, 9.17) is 10.3 Å². The second-order valence-electron chi connectivity index (χ2n) is 4.70. The number of hydrogen-bond donors (Lipinski definition) is 2. The van der Waals surface area contributed by atoms with E-state index in [1.807, 2.05) is 20.8 Å². The molecule has 106 valence electrons. The van der Waals surface area contributed by atoms with Crippen molar-refractivity contribution in [3.8, 4) is 0 Å². The van der Waals surface area contributed by atoms with Crippen LogP contribution in [0.2, 0.25) is 0 Å². The summed E-state index contributed by atoms with van der Waals surface area (Å²) in [5.74, 6) is 0.649. The minimum atomic E-state index is -0.289. The molecule has 2 aromatic rings. The predicted octanol–water partition coefficient (Wildman–Crippen LogP) is 1.02. The van der Waals surface area contributed by atoms with E-state index in [9.17, 15) is 4.79 Å². The lowest BCUT2D eigenvalue weighted by Gasteiger charge is -2.14. The average Bonchev–Trinajstić information content (AvgIpc) is 2.71. The fraction of sp³-hybridized carbons (Fsp3) is 0.385. The second kappa shape index (κ2) is 5.68. The Morgan fingerprint density at radius 2 is 2.25 bits per heavy atom. The summed E-state index contributed by atoms with van der Waals surface area (Å²) in [7, 11) is 0. The van der Waals surface area contributed by atoms with Gasteiger partial charge in [-0.1, -0.05) is 5.16 Å². The van der Waals surface area contributed by atoms with Crippen molar-refractivity contribution in [2.24, 2.45) is 0 Å². The lowest BCUT2D eigenvalue weighted by molar-refractivity contribution is 0.0940. The summed E-state index contributed by atoms with van der Waals surface area (Å²) in [6, 6.07) is -0.0843. The molecule has 1 atom stereocenters. The minimum absolute atomic E-state index is 0.0843. The summed E-state index contributed by atoms with van der Waals surface area (Å²) in [6.45, 7) is 5.64. The maximum atomic E-state index is 12.1. The predicted molar refractivity (Wildman–Crippen MR) is 73.1 cm³/mol. The van der Waals surface area contributed by atoms with Crippen molar-refractivity contribution < 1.29 is 9.32 Å². The fourth-order valence-corrected chi connectivity index (χ4v) is 1.97. The quantitative estimate of drug-likeness (QED) is 0.862. The average molecular weight is 275 g/mol. The van der Waals surface area contributed by atoms with Crippen LogP contribution in [0.5, 0.6) is 0 Å². The van der Waals surface area contributed by atoms with Gasteiger partial charge in [-0.15, -0.1) is 0 Å². The summed E-state index contributed by atoms with van der Waals surface area (Å²) in [6.07, 6.45) is 3.35. The van der Waals surface area contributed by atoms with E-state index < -0.39 is 0 Å². The Hall–Kier alpha value is -2.44. The zero-order valence-electron chi connectivity index (χ0n) is 11.7. The number of hydrogen-bond acceptors (Lipinski definition) is 6. The van der Waals surface area contributed by atoms with Crippen LogP contribution >= 0.6 is 0 Å². The van der Waals surface area contributed by atoms with E-state index >= 15 is 0 Å². The molecule has 0 spiro atoms. The van der Waals surface area contributed by atoms with E-state index in [1.54, 1.807) is 0 Å². The fourth-order valence-electron chi connectivity index (χ4n) is 1.97. The largest absolute Gasteiger partial charge is 0.383 e. The highest BCUT2D eigenvalue weighted by atomic mass is 16.5. The monoisotopic (exact) mass is 275 g/mol. The molecular formula is C13H17N5O2. The molecular weight excluding hydrogens is 258 g/mol. The van der Waals surface area contributed by atoms with Crippen molar-refractivity contribution in [1.82, 2.24) is 20.4 Å². The van der Waals surface area contributed by atoms with Gasteiger partial charge in [0.2, 0.25) is 0 Å². The Bertz CT molecular complexity index is 603. The van der Waals surface area contributed by atoms with Crippen molar-refractivity contribution >= 4 is 11.7 Å². The molecule has 0 radical (unpaired) electrons. The number of aromatic nitrogens is 3. The maximum absolute atomic E-state index is 12.1. The topological polar surface area (TPSA) is 107 Å². The van der Waals surface area contributed by atoms with Gasteiger partial charge in [0, 0.05) is 17.8 Å². The number of carbonyl (C=O) groups is 1. The summed E-state index contributed by atoms with van der Waals surface area (Å²) in [5, 5.41) is 6.75. The first kappa shape index (κ1) is 14.0. The van der Waals surface area contributed by atoms with E-state index in [2.05, 4.69) is 20.4 Å². The molecule has 0 aromatic carbocycles. The maximum Gasteiger partial charge on any atom is 0.256 e. The normalized spacial score (nSPS) is 12.2. The van der Waals surface area contributed by atoms with Crippen molar-refractivity contribution in [2.45, 2.75) is 33.2 Å². The highest BCUT2D eigenvalue weighted by Gasteiger charge is 2.17. The standard InChI is InChI=1S/C13H17N5O2/c1-7(4-10-8(2)18-20-9(10)3)17-13(19)11-5-15-6-16-12(11)14/h5-7H,4H2,1-3H3,(H,17,19)(H2,14,15,16). The number of nitrogens with two attached hydrogens (primary N) is 1. The Balaban J connectivity index is 2.04. The van der Waals surface area contributed by atoms with Crippen LogP contribution in [0.25, 0.3) is 0 Å². The highest BCUT2D eigenvalue weighted by molar-refractivity contribution is 5.98. The molecule has 2 heterocycles. The number of carbonyl (C=O) groups excluding carboxylic acids is 1. The molecule has 2 rings (SSSR count). The van der Waals surface area contributed by atoms with Gasteiger partial charge in [-0.25, -0.2) is 9.97 Å². The number of nitrogens with zero attached hydrogens (tertiary/aromatic N) is 3. The summed E-state index contributed by atoms with van der Waals surface area (Å²) in [4.78, 5) is 19.7. The molecule has 3 N–H and O–H groups in total. The molecule has 1 amide bonds. The number of nitrogens with one attached hydrogen (secondary N) is 1. The lowest BCUT2D eigenvalue weighted by Crippen LogP contribution is -2.34. The van der Waals surface area contributed by atoms with Gasteiger partial charge in [0.05, 0.1) is 11.3 Å². The molecule has 0 aliphatic carbocycles. The molecule has 2 aromatic heterocycles. The second-order valence-corrected chi connectivity index (χ2v) is 4.70. The van der Waals surface area contributed by atoms with E-state index in [0.29, 0.717) is 6.42 Å². The number of amides is 1. The van der Waals surface area contributed by atoms with Gasteiger partial charge in [-0.2, -0.15) is 0 Å². The van der Waals surface area contributed by atoms with E-state index in [1.165, 1.54) is 12.5 Å². The first-order valence-corrected chi connectivity index (χ1v) is 6.27. The Morgan fingerprint density at radius 3 is 2.85 bits per heavy atom. The van der Waals surface area contributed by atoms with Crippen LogP contribution in [0.1, 0.15) is 34.3 Å². The Morgan fingerprint density at radius 1 is 1.50 bits per heavy atom. The third-order valence-electron chi connectivity index (χ3n) is 3.06. The van der Waals surface area contributed by atoms with Crippen molar-refractivity contribution in [1.29, 1.82) is 0 Å². The van der Waals surface area contributed by atoms with Gasteiger partial charge in [-0.3, -0.25) is 4.79 Å². The van der Waals surface area contributed by atoms with Gasteiger partial charge in [-0.05, 0) is 27.2 Å². The summed E-state index contributed by atoms with van der Waals surface area (Å²) >= 11 is 0. The molecule has 7 heteroatoms. The van der Waals surface area contributed by atoms with Crippen molar-refractivity contribution in [2.75, 3.05) is 5.73 Å². The van der Waals surface area contributed by atoms with E-state index in [-0.39, 0.29) is 23.3 Å². The van der Waals surface area contributed by atoms with Crippen LogP contribution in [0.3, 0.4) is 0 Å². The van der Waals surface area contributed by atoms with Crippen LogP contribution in [-0.4, -0.2) is 27.1 Å². The Labute approximate surface area is 116 Å². The third-order valence-corrected chi connectivity index (χ3v) is 3.06. The number of anilines is 1. The van der Waals surface area contributed by atoms with Gasteiger partial charge >= 0.3 is 0 Å². The highest BCUT2D eigenvalue weighted by Crippen LogP contribution is 2.15. The first-order valence-electron chi connectivity index (χ1n) is 6.27. The Kier molecular flexibility index (Phi) is 3.97. The third kappa shape index (κ3) is 2.93. The summed E-state index contributed by atoms with van der Waals surface area (Å²) in [5.41, 5.74) is 7.77. The zero-order valence-corrected chi connectivity index (χ0v) is 11.7. The van der Waals surface area contributed by atoms with Gasteiger partial charge < -0.3 is 15.6 Å². The lowest BCUT2D eigenvalue weighted by atomic mass is 10.1. The SMILES string of the molecule is Cc1noc(C)c1CC(C)NC(=O)c1cncnc1N. The van der Waals surface area contributed by atoms with Crippen LogP contribution in [0, 0.1) is 13.8 Å². The molecule has 0 fully saturated rings. The summed E-state index contributed by atoms with van der Waals surface area (Å²) < 4.78 is 5.10. The van der Waals surface area contributed by atoms with E-state index in [0.717, 1.165) is 17.0 Å². The molecule has 1 unspecified atom stereocenters. The van der Waals surface area contributed by atoms with Gasteiger partial charge in [0.25, 0.3) is 5.91 Å². The molecule has 0 aliphatic rings. The van der Waals surface area contributed by atoms with Crippen LogP contribution in [0.15, 0.2) is 17.0 Å². The van der Waals surface area contributed by atoms with Gasteiger partial charge in [0.1, 0.15) is 17.9 Å². The molecule has 0 bridgehead atoms. The first-order chi connectivity index (χ1) is 9.49. The number of nitrogen functional groups attached to an aromatic ring is 1. The molecule has 0 saturated heterocycles. The van der Waals surface area contributed by atoms with Gasteiger partial charge in [0.15, 0.2) is 0 Å². The van der Waals surface area contributed by atoms with Crippen molar-refractivity contribution in [3.63, 3.8) is 0 Å². The molecule has 20 heavy (non-hydrogen) atoms. The van der Waals surface area contributed by atoms with Crippen LogP contribution in [0.4, 0.5) is 5.82 Å². The van der Waals surface area contributed by atoms with Crippen molar-refractivity contribution in [3.05, 3.63) is 35.1 Å². The van der Waals surface area contributed by atoms with Crippen LogP contribution < -0.4 is 11.1 Å². The molecule has 7 nitrogen and oxygen atoms in total. The zero-order chi connectivity index (χ0) is 14.7. The molecule has 0 aliphatic heterocycles.